The smallest absolute Gasteiger partial charge is 0.300 e. The number of nitro groups is 1. The quantitative estimate of drug-likeness (QED) is 0.221. The predicted octanol–water partition coefficient (Wildman–Crippen LogP) is 4.09. The molecule has 0 bridgehead atoms. The molecular formula is C21H12F2N2O6. The topological polar surface area (TPSA) is 114 Å². The summed E-state index contributed by atoms with van der Waals surface area (Å²) in [4.78, 5) is 36.7. The molecule has 31 heavy (non-hydrogen) atoms. The SMILES string of the molecule is O=C1C(=O)N(c2ccc(F)c(F)c2)C(c2ccco2)/C1=C(/O)c1ccc([N+](=O)[O-])cc1. The van der Waals surface area contributed by atoms with Crippen molar-refractivity contribution in [1.29, 1.82) is 0 Å². The number of hydrogen-bond acceptors (Lipinski definition) is 6. The average Bonchev–Trinajstić information content (AvgIpc) is 3.37. The fourth-order valence-corrected chi connectivity index (χ4v) is 3.35. The summed E-state index contributed by atoms with van der Waals surface area (Å²) in [5.41, 5.74) is -0.671. The highest BCUT2D eigenvalue weighted by Gasteiger charge is 2.48. The van der Waals surface area contributed by atoms with Gasteiger partial charge < -0.3 is 9.52 Å². The number of non-ortho nitro benzene ring substituents is 1. The van der Waals surface area contributed by atoms with Gasteiger partial charge >= 0.3 is 0 Å². The second-order valence-electron chi connectivity index (χ2n) is 6.59. The molecule has 1 aliphatic heterocycles. The number of Topliss-reactive ketones (excluding diaryl/α,β-unsaturated/α-hetero) is 1. The molecule has 1 aromatic heterocycles. The van der Waals surface area contributed by atoms with Crippen LogP contribution in [0.2, 0.25) is 0 Å². The van der Waals surface area contributed by atoms with Crippen molar-refractivity contribution in [3.05, 3.63) is 99.5 Å². The first kappa shape index (κ1) is 20.0. The van der Waals surface area contributed by atoms with E-state index in [1.807, 2.05) is 0 Å². The predicted molar refractivity (Wildman–Crippen MR) is 103 cm³/mol. The van der Waals surface area contributed by atoms with Gasteiger partial charge in [0.1, 0.15) is 17.6 Å². The lowest BCUT2D eigenvalue weighted by atomic mass is 9.99. The highest BCUT2D eigenvalue weighted by molar-refractivity contribution is 6.51. The lowest BCUT2D eigenvalue weighted by Crippen LogP contribution is -2.29. The molecule has 1 fully saturated rings. The van der Waals surface area contributed by atoms with Crippen molar-refractivity contribution in [2.75, 3.05) is 4.90 Å². The van der Waals surface area contributed by atoms with Crippen LogP contribution in [0, 0.1) is 21.7 Å². The number of hydrogen-bond donors (Lipinski definition) is 1. The zero-order chi connectivity index (χ0) is 22.3. The number of amides is 1. The van der Waals surface area contributed by atoms with Crippen molar-refractivity contribution in [3.8, 4) is 0 Å². The Labute approximate surface area is 172 Å². The van der Waals surface area contributed by atoms with Crippen LogP contribution in [0.15, 0.2) is 70.9 Å². The van der Waals surface area contributed by atoms with Crippen molar-refractivity contribution < 1.29 is 32.8 Å². The maximum Gasteiger partial charge on any atom is 0.300 e. The lowest BCUT2D eigenvalue weighted by molar-refractivity contribution is -0.384. The fraction of sp³-hybridized carbons (Fsp3) is 0.0476. The zero-order valence-corrected chi connectivity index (χ0v) is 15.5. The number of furan rings is 1. The van der Waals surface area contributed by atoms with Crippen molar-refractivity contribution >= 4 is 28.8 Å². The number of ketones is 1. The molecular weight excluding hydrogens is 414 g/mol. The largest absolute Gasteiger partial charge is 0.507 e. The van der Waals surface area contributed by atoms with Crippen LogP contribution in [-0.4, -0.2) is 21.7 Å². The molecule has 1 unspecified atom stereocenters. The van der Waals surface area contributed by atoms with Gasteiger partial charge in [-0.05, 0) is 36.4 Å². The summed E-state index contributed by atoms with van der Waals surface area (Å²) < 4.78 is 32.5. The molecule has 1 saturated heterocycles. The van der Waals surface area contributed by atoms with E-state index in [1.165, 1.54) is 30.5 Å². The van der Waals surface area contributed by atoms with E-state index in [4.69, 9.17) is 4.42 Å². The summed E-state index contributed by atoms with van der Waals surface area (Å²) in [7, 11) is 0. The molecule has 1 atom stereocenters. The van der Waals surface area contributed by atoms with Crippen LogP contribution in [0.25, 0.3) is 5.76 Å². The van der Waals surface area contributed by atoms with Gasteiger partial charge in [0.05, 0.1) is 16.8 Å². The number of nitro benzene ring substituents is 1. The second-order valence-corrected chi connectivity index (χ2v) is 6.59. The fourth-order valence-electron chi connectivity index (χ4n) is 3.35. The number of aliphatic hydroxyl groups excluding tert-OH is 1. The number of rotatable bonds is 4. The molecule has 10 heteroatoms. The Bertz CT molecular complexity index is 1240. The Balaban J connectivity index is 1.89. The van der Waals surface area contributed by atoms with Crippen LogP contribution >= 0.6 is 0 Å². The number of benzene rings is 2. The summed E-state index contributed by atoms with van der Waals surface area (Å²) in [5.74, 6) is -5.04. The molecule has 0 radical (unpaired) electrons. The van der Waals surface area contributed by atoms with E-state index in [1.54, 1.807) is 0 Å². The molecule has 1 amide bonds. The monoisotopic (exact) mass is 426 g/mol. The molecule has 3 aromatic rings. The first-order chi connectivity index (χ1) is 14.8. The van der Waals surface area contributed by atoms with Crippen LogP contribution in [0.1, 0.15) is 17.4 Å². The van der Waals surface area contributed by atoms with Crippen LogP contribution in [0.4, 0.5) is 20.2 Å². The van der Waals surface area contributed by atoms with Crippen LogP contribution in [0.5, 0.6) is 0 Å². The van der Waals surface area contributed by atoms with Crippen molar-refractivity contribution in [2.24, 2.45) is 0 Å². The number of carbonyl (C=O) groups excluding carboxylic acids is 2. The molecule has 0 spiro atoms. The summed E-state index contributed by atoms with van der Waals surface area (Å²) in [6.07, 6.45) is 1.28. The Morgan fingerprint density at radius 3 is 2.35 bits per heavy atom. The van der Waals surface area contributed by atoms with Gasteiger partial charge in [0, 0.05) is 29.4 Å². The lowest BCUT2D eigenvalue weighted by Gasteiger charge is -2.23. The molecule has 1 aliphatic rings. The second kappa shape index (κ2) is 7.48. The van der Waals surface area contributed by atoms with E-state index in [0.29, 0.717) is 0 Å². The van der Waals surface area contributed by atoms with Gasteiger partial charge in [-0.25, -0.2) is 8.78 Å². The van der Waals surface area contributed by atoms with Crippen molar-refractivity contribution in [1.82, 2.24) is 0 Å². The zero-order valence-electron chi connectivity index (χ0n) is 15.5. The summed E-state index contributed by atoms with van der Waals surface area (Å²) >= 11 is 0. The molecule has 2 aromatic carbocycles. The minimum Gasteiger partial charge on any atom is -0.507 e. The molecule has 8 nitrogen and oxygen atoms in total. The number of halogens is 2. The third-order valence-corrected chi connectivity index (χ3v) is 4.79. The summed E-state index contributed by atoms with van der Waals surface area (Å²) in [5, 5.41) is 21.7. The first-order valence-electron chi connectivity index (χ1n) is 8.84. The molecule has 156 valence electrons. The van der Waals surface area contributed by atoms with Gasteiger partial charge in [0.15, 0.2) is 11.6 Å². The minimum absolute atomic E-state index is 0.0467. The van der Waals surface area contributed by atoms with Crippen molar-refractivity contribution in [2.45, 2.75) is 6.04 Å². The number of carbonyl (C=O) groups is 2. The highest BCUT2D eigenvalue weighted by Crippen LogP contribution is 2.42. The number of aliphatic hydroxyl groups is 1. The Morgan fingerprint density at radius 1 is 1.06 bits per heavy atom. The van der Waals surface area contributed by atoms with Gasteiger partial charge in [-0.2, -0.15) is 0 Å². The van der Waals surface area contributed by atoms with Crippen LogP contribution < -0.4 is 4.90 Å². The van der Waals surface area contributed by atoms with Gasteiger partial charge in [-0.1, -0.05) is 0 Å². The molecule has 1 N–H and O–H groups in total. The maximum absolute atomic E-state index is 13.8. The van der Waals surface area contributed by atoms with Gasteiger partial charge in [-0.15, -0.1) is 0 Å². The van der Waals surface area contributed by atoms with E-state index in [0.717, 1.165) is 35.2 Å². The minimum atomic E-state index is -1.27. The van der Waals surface area contributed by atoms with E-state index in [9.17, 15) is 33.6 Å². The van der Waals surface area contributed by atoms with Crippen LogP contribution in [-0.2, 0) is 9.59 Å². The Morgan fingerprint density at radius 2 is 1.77 bits per heavy atom. The van der Waals surface area contributed by atoms with Gasteiger partial charge in [0.25, 0.3) is 17.4 Å². The van der Waals surface area contributed by atoms with Gasteiger partial charge in [0.2, 0.25) is 0 Å². The molecule has 0 aliphatic carbocycles. The Hall–Kier alpha value is -4.34. The van der Waals surface area contributed by atoms with Crippen LogP contribution in [0.3, 0.4) is 0 Å². The maximum atomic E-state index is 13.8. The third-order valence-electron chi connectivity index (χ3n) is 4.79. The highest BCUT2D eigenvalue weighted by atomic mass is 19.2. The Kier molecular flexibility index (Phi) is 4.82. The molecule has 4 rings (SSSR count). The van der Waals surface area contributed by atoms with E-state index < -0.39 is 40.0 Å². The van der Waals surface area contributed by atoms with Gasteiger partial charge in [-0.3, -0.25) is 24.6 Å². The van der Waals surface area contributed by atoms with Crippen molar-refractivity contribution in [3.63, 3.8) is 0 Å². The molecule has 0 saturated carbocycles. The summed E-state index contributed by atoms with van der Waals surface area (Å²) in [6, 6.07) is 9.04. The number of anilines is 1. The normalized spacial score (nSPS) is 17.9. The average molecular weight is 426 g/mol. The molecule has 2 heterocycles. The first-order valence-corrected chi connectivity index (χ1v) is 8.84. The van der Waals surface area contributed by atoms with E-state index in [-0.39, 0.29) is 28.3 Å². The third kappa shape index (κ3) is 3.33. The number of nitrogens with zero attached hydrogens (tertiary/aromatic N) is 2. The standard InChI is InChI=1S/C21H12F2N2O6/c22-14-8-7-13(10-15(14)23)24-18(16-2-1-9-31-16)17(20(27)21(24)28)19(26)11-3-5-12(6-4-11)25(29)30/h1-10,18,26H/b19-17-. The van der Waals surface area contributed by atoms with E-state index >= 15 is 0 Å². The van der Waals surface area contributed by atoms with E-state index in [2.05, 4.69) is 0 Å². The summed E-state index contributed by atoms with van der Waals surface area (Å²) in [6.45, 7) is 0.